The molecule has 1 saturated carbocycles. The van der Waals surface area contributed by atoms with Crippen molar-refractivity contribution in [2.75, 3.05) is 40.5 Å². The van der Waals surface area contributed by atoms with Gasteiger partial charge in [0.2, 0.25) is 17.7 Å². The molecule has 0 spiro atoms. The van der Waals surface area contributed by atoms with Crippen LogP contribution < -0.4 is 9.47 Å². The number of thioether (sulfide) groups is 1. The number of hydrogen-bond acceptors (Lipinski definition) is 7. The Morgan fingerprint density at radius 1 is 0.944 bits per heavy atom. The Hall–Kier alpha value is -3.04. The number of methoxy groups -OCH3 is 2. The second-order valence-electron chi connectivity index (χ2n) is 9.30. The van der Waals surface area contributed by atoms with Crippen LogP contribution in [-0.4, -0.2) is 72.8 Å². The first-order valence-corrected chi connectivity index (χ1v) is 13.0. The fraction of sp³-hybridized carbons (Fsp3) is 0.444. The number of amides is 3. The lowest BCUT2D eigenvalue weighted by molar-refractivity contribution is -0.145. The van der Waals surface area contributed by atoms with Gasteiger partial charge in [-0.1, -0.05) is 12.1 Å². The molecule has 0 N–H and O–H groups in total. The molecule has 0 bridgehead atoms. The molecule has 3 fully saturated rings. The molecule has 8 nitrogen and oxygen atoms in total. The zero-order valence-corrected chi connectivity index (χ0v) is 21.3. The van der Waals surface area contributed by atoms with Crippen LogP contribution in [0.3, 0.4) is 0 Å². The van der Waals surface area contributed by atoms with Crippen LogP contribution in [0.5, 0.6) is 11.5 Å². The van der Waals surface area contributed by atoms with Crippen molar-refractivity contribution in [2.24, 2.45) is 5.92 Å². The zero-order valence-electron chi connectivity index (χ0n) is 20.5. The van der Waals surface area contributed by atoms with E-state index in [-0.39, 0.29) is 30.1 Å². The number of rotatable bonds is 7. The summed E-state index contributed by atoms with van der Waals surface area (Å²) in [5, 5.41) is 0. The second-order valence-corrected chi connectivity index (χ2v) is 10.7. The molecular weight excluding hydrogens is 480 g/mol. The molecule has 2 heterocycles. The normalized spacial score (nSPS) is 24.1. The predicted octanol–water partition coefficient (Wildman–Crippen LogP) is 3.30. The average Bonchev–Trinajstić information content (AvgIpc) is 3.73. The van der Waals surface area contributed by atoms with Crippen LogP contribution in [0.15, 0.2) is 53.4 Å². The maximum absolute atomic E-state index is 14.4. The van der Waals surface area contributed by atoms with E-state index in [1.807, 2.05) is 36.4 Å². The van der Waals surface area contributed by atoms with Gasteiger partial charge in [0.05, 0.1) is 39.9 Å². The van der Waals surface area contributed by atoms with E-state index in [0.29, 0.717) is 37.8 Å². The molecule has 5 rings (SSSR count). The molecule has 0 unspecified atom stereocenters. The second kappa shape index (κ2) is 10.1. The molecule has 3 amide bonds. The molecule has 2 aromatic carbocycles. The Morgan fingerprint density at radius 2 is 1.53 bits per heavy atom. The van der Waals surface area contributed by atoms with E-state index in [9.17, 15) is 14.4 Å². The molecule has 2 aliphatic heterocycles. The highest BCUT2D eigenvalue weighted by molar-refractivity contribution is 8.01. The van der Waals surface area contributed by atoms with Crippen molar-refractivity contribution in [3.8, 4) is 11.5 Å². The summed E-state index contributed by atoms with van der Waals surface area (Å²) in [7, 11) is 3.19. The first-order chi connectivity index (χ1) is 17.5. The highest BCUT2D eigenvalue weighted by Crippen LogP contribution is 2.55. The van der Waals surface area contributed by atoms with Crippen LogP contribution in [0.2, 0.25) is 0 Å². The molecule has 190 valence electrons. The van der Waals surface area contributed by atoms with E-state index in [2.05, 4.69) is 0 Å². The van der Waals surface area contributed by atoms with Gasteiger partial charge in [0.1, 0.15) is 16.2 Å². The molecule has 1 aliphatic carbocycles. The summed E-state index contributed by atoms with van der Waals surface area (Å²) in [6.07, 6.45) is 1.48. The summed E-state index contributed by atoms with van der Waals surface area (Å²) in [5.41, 5.74) is 0.735. The van der Waals surface area contributed by atoms with Gasteiger partial charge < -0.3 is 19.1 Å². The van der Waals surface area contributed by atoms with Crippen molar-refractivity contribution >= 4 is 29.5 Å². The summed E-state index contributed by atoms with van der Waals surface area (Å²) in [6, 6.07) is 14.0. The Balaban J connectivity index is 1.63. The predicted molar refractivity (Wildman–Crippen MR) is 134 cm³/mol. The number of imide groups is 1. The molecule has 3 aliphatic rings. The molecule has 2 saturated heterocycles. The van der Waals surface area contributed by atoms with E-state index >= 15 is 0 Å². The van der Waals surface area contributed by atoms with Crippen molar-refractivity contribution in [2.45, 2.75) is 34.9 Å². The maximum Gasteiger partial charge on any atom is 0.242 e. The molecule has 0 radical (unpaired) electrons. The fourth-order valence-corrected chi connectivity index (χ4v) is 6.41. The summed E-state index contributed by atoms with van der Waals surface area (Å²) in [5.74, 6) is 0.564. The minimum atomic E-state index is -1.22. The quantitative estimate of drug-likeness (QED) is 0.529. The van der Waals surface area contributed by atoms with Crippen LogP contribution >= 0.6 is 11.8 Å². The van der Waals surface area contributed by atoms with Gasteiger partial charge in [0.25, 0.3) is 0 Å². The summed E-state index contributed by atoms with van der Waals surface area (Å²) in [6.45, 7) is 1.79. The number of likely N-dealkylation sites (tertiary alicyclic amines) is 1. The van der Waals surface area contributed by atoms with Gasteiger partial charge in [0.15, 0.2) is 0 Å². The first-order valence-electron chi connectivity index (χ1n) is 12.2. The minimum absolute atomic E-state index is 0.0605. The summed E-state index contributed by atoms with van der Waals surface area (Å²) >= 11 is 1.36. The SMILES string of the molecule is COc1ccc(S[C@]2(C(=O)N3CCOCC3)CC(=O)N(C(=O)C3CC3)[C@@H]2c2ccc(OC)cc2)cc1. The largest absolute Gasteiger partial charge is 0.497 e. The van der Waals surface area contributed by atoms with Crippen LogP contribution in [0, 0.1) is 5.92 Å². The van der Waals surface area contributed by atoms with Crippen LogP contribution in [0.4, 0.5) is 0 Å². The third-order valence-electron chi connectivity index (χ3n) is 7.00. The summed E-state index contributed by atoms with van der Waals surface area (Å²) in [4.78, 5) is 45.4. The Bertz CT molecular complexity index is 1130. The van der Waals surface area contributed by atoms with Gasteiger partial charge in [0, 0.05) is 23.9 Å². The Kier molecular flexibility index (Phi) is 6.94. The number of carbonyl (C=O) groups excluding carboxylic acids is 3. The standard InChI is InChI=1S/C27H30N2O6S/c1-33-20-7-5-18(6-8-20)24-27(26(32)28-13-15-35-16-14-28,36-22-11-9-21(34-2)10-12-22)17-23(30)29(24)25(31)19-3-4-19/h5-12,19,24H,3-4,13-17H2,1-2H3/t24-,27-/m1/s1. The highest BCUT2D eigenvalue weighted by Gasteiger charge is 2.61. The zero-order chi connectivity index (χ0) is 25.3. The Morgan fingerprint density at radius 3 is 2.08 bits per heavy atom. The number of nitrogens with zero attached hydrogens (tertiary/aromatic N) is 2. The van der Waals surface area contributed by atoms with E-state index in [4.69, 9.17) is 14.2 Å². The van der Waals surface area contributed by atoms with Crippen molar-refractivity contribution in [3.63, 3.8) is 0 Å². The monoisotopic (exact) mass is 510 g/mol. The van der Waals surface area contributed by atoms with E-state index in [1.54, 1.807) is 31.3 Å². The molecule has 2 aromatic rings. The van der Waals surface area contributed by atoms with Gasteiger partial charge in [-0.25, -0.2) is 0 Å². The van der Waals surface area contributed by atoms with Gasteiger partial charge in [-0.05, 0) is 54.8 Å². The van der Waals surface area contributed by atoms with Gasteiger partial charge >= 0.3 is 0 Å². The maximum atomic E-state index is 14.4. The third kappa shape index (κ3) is 4.57. The number of carbonyl (C=O) groups is 3. The Labute approximate surface area is 214 Å². The van der Waals surface area contributed by atoms with E-state index in [0.717, 1.165) is 23.3 Å². The summed E-state index contributed by atoms with van der Waals surface area (Å²) < 4.78 is 14.9. The minimum Gasteiger partial charge on any atom is -0.497 e. The lowest BCUT2D eigenvalue weighted by atomic mass is 9.90. The number of morpholine rings is 1. The lowest BCUT2D eigenvalue weighted by Gasteiger charge is -2.40. The lowest BCUT2D eigenvalue weighted by Crippen LogP contribution is -2.53. The topological polar surface area (TPSA) is 85.4 Å². The molecular formula is C27H30N2O6S. The molecule has 36 heavy (non-hydrogen) atoms. The van der Waals surface area contributed by atoms with Gasteiger partial charge in [-0.15, -0.1) is 11.8 Å². The number of hydrogen-bond donors (Lipinski definition) is 0. The highest BCUT2D eigenvalue weighted by atomic mass is 32.2. The first kappa shape index (κ1) is 24.6. The average molecular weight is 511 g/mol. The number of benzene rings is 2. The fourth-order valence-electron chi connectivity index (χ4n) is 4.96. The molecule has 9 heteroatoms. The van der Waals surface area contributed by atoms with E-state index in [1.165, 1.54) is 16.7 Å². The third-order valence-corrected chi connectivity index (χ3v) is 8.41. The van der Waals surface area contributed by atoms with E-state index < -0.39 is 10.8 Å². The smallest absolute Gasteiger partial charge is 0.242 e. The van der Waals surface area contributed by atoms with Crippen molar-refractivity contribution in [3.05, 3.63) is 54.1 Å². The molecule has 2 atom stereocenters. The molecule has 0 aromatic heterocycles. The van der Waals surface area contributed by atoms with Gasteiger partial charge in [-0.3, -0.25) is 19.3 Å². The van der Waals surface area contributed by atoms with Crippen molar-refractivity contribution in [1.29, 1.82) is 0 Å². The number of ether oxygens (including phenoxy) is 3. The van der Waals surface area contributed by atoms with Crippen LogP contribution in [0.25, 0.3) is 0 Å². The van der Waals surface area contributed by atoms with Crippen LogP contribution in [-0.2, 0) is 19.1 Å². The van der Waals surface area contributed by atoms with Crippen LogP contribution in [0.1, 0.15) is 30.9 Å². The van der Waals surface area contributed by atoms with Gasteiger partial charge in [-0.2, -0.15) is 0 Å². The van der Waals surface area contributed by atoms with Crippen molar-refractivity contribution in [1.82, 2.24) is 9.80 Å². The van der Waals surface area contributed by atoms with Crippen molar-refractivity contribution < 1.29 is 28.6 Å².